The van der Waals surface area contributed by atoms with Crippen LogP contribution in [-0.4, -0.2) is 29.8 Å². The van der Waals surface area contributed by atoms with Crippen molar-refractivity contribution >= 4 is 53.0 Å². The Morgan fingerprint density at radius 1 is 1.15 bits per heavy atom. The summed E-state index contributed by atoms with van der Waals surface area (Å²) in [7, 11) is 0. The van der Waals surface area contributed by atoms with E-state index in [0.717, 1.165) is 5.56 Å². The second-order valence-electron chi connectivity index (χ2n) is 4.00. The minimum Gasteiger partial charge on any atom is -0.350 e. The fraction of sp³-hybridized carbons (Fsp3) is 0.0833. The largest absolute Gasteiger partial charge is 0.350 e. The number of guanidine groups is 1. The highest BCUT2D eigenvalue weighted by molar-refractivity contribution is 6.71. The Hall–Kier alpha value is -2.05. The van der Waals surface area contributed by atoms with E-state index in [2.05, 4.69) is 25.3 Å². The number of amidine groups is 1. The lowest BCUT2D eigenvalue weighted by atomic mass is 10.2. The van der Waals surface area contributed by atoms with Crippen LogP contribution in [0.5, 0.6) is 0 Å². The summed E-state index contributed by atoms with van der Waals surface area (Å²) in [6.45, 7) is 0.413. The molecule has 20 heavy (non-hydrogen) atoms. The Labute approximate surface area is 124 Å². The molecular formula is C12H7Cl2N5O. The molecule has 2 heterocycles. The number of amides is 1. The van der Waals surface area contributed by atoms with Gasteiger partial charge < -0.3 is 5.32 Å². The lowest BCUT2D eigenvalue weighted by Crippen LogP contribution is -2.32. The Kier molecular flexibility index (Phi) is 3.33. The summed E-state index contributed by atoms with van der Waals surface area (Å²) in [5.41, 5.74) is 1.06. The number of halogens is 2. The molecule has 1 amide bonds. The Morgan fingerprint density at radius 2 is 2.00 bits per heavy atom. The maximum Gasteiger partial charge on any atom is 0.302 e. The van der Waals surface area contributed by atoms with Gasteiger partial charge in [-0.25, -0.2) is 9.98 Å². The normalized spacial score (nSPS) is 16.5. The molecule has 8 heteroatoms. The highest BCUT2D eigenvalue weighted by Crippen LogP contribution is 2.22. The van der Waals surface area contributed by atoms with Gasteiger partial charge in [-0.3, -0.25) is 4.79 Å². The topological polar surface area (TPSA) is 78.5 Å². The molecule has 0 saturated heterocycles. The highest BCUT2D eigenvalue weighted by atomic mass is 35.5. The number of fused-ring (bicyclic) bond motifs is 1. The molecule has 0 bridgehead atoms. The fourth-order valence-corrected chi connectivity index (χ4v) is 2.00. The number of carbonyl (C=O) groups excluding carboxylic acids is 1. The van der Waals surface area contributed by atoms with Gasteiger partial charge in [0.1, 0.15) is 6.34 Å². The number of hydrogen-bond donors (Lipinski definition) is 1. The zero-order valence-electron chi connectivity index (χ0n) is 9.97. The summed E-state index contributed by atoms with van der Waals surface area (Å²) in [5, 5.41) is 3.89. The standard InChI is InChI=1S/C12H7Cl2N5O/c13-7-2-1-6(3-8(7)14)4-15-12-18-10-9(11(20)19-12)16-5-17-10/h1-3,5H,4H2,(H,15,19,20). The summed E-state index contributed by atoms with van der Waals surface area (Å²) >= 11 is 11.8. The van der Waals surface area contributed by atoms with Crippen molar-refractivity contribution in [1.82, 2.24) is 5.32 Å². The lowest BCUT2D eigenvalue weighted by Gasteiger charge is -2.10. The van der Waals surface area contributed by atoms with Crippen LogP contribution >= 0.6 is 23.2 Å². The van der Waals surface area contributed by atoms with Gasteiger partial charge in [-0.15, -0.1) is 0 Å². The number of aliphatic imine (C=N–C) groups is 4. The number of hydrogen-bond acceptors (Lipinski definition) is 5. The summed E-state index contributed by atoms with van der Waals surface area (Å²) in [5.74, 6) is 0.0276. The van der Waals surface area contributed by atoms with E-state index in [4.69, 9.17) is 23.2 Å². The van der Waals surface area contributed by atoms with E-state index in [9.17, 15) is 4.79 Å². The van der Waals surface area contributed by atoms with E-state index < -0.39 is 5.91 Å². The molecule has 6 nitrogen and oxygen atoms in total. The van der Waals surface area contributed by atoms with Crippen LogP contribution in [0.15, 0.2) is 38.2 Å². The van der Waals surface area contributed by atoms with E-state index in [1.165, 1.54) is 6.34 Å². The second kappa shape index (κ2) is 5.15. The molecule has 0 radical (unpaired) electrons. The van der Waals surface area contributed by atoms with Crippen molar-refractivity contribution in [2.75, 3.05) is 0 Å². The van der Waals surface area contributed by atoms with Gasteiger partial charge >= 0.3 is 5.91 Å². The quantitative estimate of drug-likeness (QED) is 0.905. The average Bonchev–Trinajstić information content (AvgIpc) is 2.89. The molecule has 2 aliphatic rings. The zero-order chi connectivity index (χ0) is 14.1. The molecule has 100 valence electrons. The Morgan fingerprint density at radius 3 is 2.80 bits per heavy atom. The van der Waals surface area contributed by atoms with Crippen molar-refractivity contribution in [3.05, 3.63) is 33.8 Å². The van der Waals surface area contributed by atoms with E-state index in [1.54, 1.807) is 12.1 Å². The smallest absolute Gasteiger partial charge is 0.302 e. The minimum atomic E-state index is -0.455. The van der Waals surface area contributed by atoms with Crippen molar-refractivity contribution in [3.63, 3.8) is 0 Å². The third kappa shape index (κ3) is 2.48. The first-order chi connectivity index (χ1) is 9.63. The first-order valence-electron chi connectivity index (χ1n) is 5.64. The molecule has 1 N–H and O–H groups in total. The molecular weight excluding hydrogens is 301 g/mol. The molecule has 2 aliphatic heterocycles. The summed E-state index contributed by atoms with van der Waals surface area (Å²) in [6.07, 6.45) is 1.28. The Bertz CT molecular complexity index is 721. The third-order valence-corrected chi connectivity index (χ3v) is 3.37. The first kappa shape index (κ1) is 13.0. The molecule has 0 unspecified atom stereocenters. The van der Waals surface area contributed by atoms with E-state index in [1.807, 2.05) is 6.07 Å². The molecule has 3 rings (SSSR count). The van der Waals surface area contributed by atoms with Crippen LogP contribution < -0.4 is 5.32 Å². The predicted molar refractivity (Wildman–Crippen MR) is 79.1 cm³/mol. The summed E-state index contributed by atoms with van der Waals surface area (Å²) in [6, 6.07) is 5.25. The number of nitrogens with one attached hydrogen (secondary N) is 1. The molecule has 0 aliphatic carbocycles. The van der Waals surface area contributed by atoms with Crippen molar-refractivity contribution in [1.29, 1.82) is 0 Å². The van der Waals surface area contributed by atoms with Crippen LogP contribution in [0, 0.1) is 0 Å². The number of carbonyl (C=O) groups is 1. The molecule has 1 aromatic carbocycles. The van der Waals surface area contributed by atoms with Gasteiger partial charge in [0.05, 0.1) is 10.0 Å². The van der Waals surface area contributed by atoms with Gasteiger partial charge in [-0.2, -0.15) is 9.98 Å². The lowest BCUT2D eigenvalue weighted by molar-refractivity contribution is -0.111. The maximum absolute atomic E-state index is 11.6. The molecule has 0 spiro atoms. The zero-order valence-corrected chi connectivity index (χ0v) is 11.5. The number of nitrogens with zero attached hydrogens (tertiary/aromatic N) is 4. The molecule has 0 atom stereocenters. The van der Waals surface area contributed by atoms with Gasteiger partial charge in [-0.1, -0.05) is 29.3 Å². The van der Waals surface area contributed by atoms with Crippen LogP contribution in [0.4, 0.5) is 0 Å². The van der Waals surface area contributed by atoms with Gasteiger partial charge in [-0.05, 0) is 17.7 Å². The second-order valence-corrected chi connectivity index (χ2v) is 4.81. The molecule has 0 fully saturated rings. The van der Waals surface area contributed by atoms with Crippen LogP contribution in [0.2, 0.25) is 10.0 Å². The van der Waals surface area contributed by atoms with Gasteiger partial charge in [0.2, 0.25) is 5.96 Å². The van der Waals surface area contributed by atoms with E-state index in [-0.39, 0.29) is 17.5 Å². The van der Waals surface area contributed by atoms with Crippen LogP contribution in [0.1, 0.15) is 5.56 Å². The van der Waals surface area contributed by atoms with Crippen molar-refractivity contribution in [3.8, 4) is 0 Å². The number of benzene rings is 1. The fourth-order valence-electron chi connectivity index (χ4n) is 1.68. The van der Waals surface area contributed by atoms with Crippen molar-refractivity contribution < 1.29 is 4.79 Å². The van der Waals surface area contributed by atoms with Gasteiger partial charge in [0, 0.05) is 6.54 Å². The number of rotatable bonds is 2. The van der Waals surface area contributed by atoms with Crippen LogP contribution in [0.25, 0.3) is 0 Å². The Balaban J connectivity index is 1.73. The minimum absolute atomic E-state index is 0.171. The molecule has 0 saturated carbocycles. The predicted octanol–water partition coefficient (Wildman–Crippen LogP) is 1.86. The molecule has 1 aromatic rings. The first-order valence-corrected chi connectivity index (χ1v) is 6.39. The van der Waals surface area contributed by atoms with Crippen molar-refractivity contribution in [2.45, 2.75) is 6.54 Å². The third-order valence-electron chi connectivity index (χ3n) is 2.64. The summed E-state index contributed by atoms with van der Waals surface area (Å²) in [4.78, 5) is 27.2. The van der Waals surface area contributed by atoms with Gasteiger partial charge in [0.25, 0.3) is 0 Å². The molecule has 0 aromatic heterocycles. The monoisotopic (exact) mass is 307 g/mol. The van der Waals surface area contributed by atoms with Crippen molar-refractivity contribution in [2.24, 2.45) is 20.0 Å². The maximum atomic E-state index is 11.6. The van der Waals surface area contributed by atoms with E-state index >= 15 is 0 Å². The average molecular weight is 308 g/mol. The van der Waals surface area contributed by atoms with Crippen LogP contribution in [-0.2, 0) is 11.3 Å². The SMILES string of the molecule is O=C1N=C(NCc2ccc(Cl)c(Cl)c2)N=C2N=CN=C12. The van der Waals surface area contributed by atoms with E-state index in [0.29, 0.717) is 16.6 Å². The van der Waals surface area contributed by atoms with Gasteiger partial charge in [0.15, 0.2) is 11.5 Å². The highest BCUT2D eigenvalue weighted by Gasteiger charge is 2.25. The van der Waals surface area contributed by atoms with Crippen LogP contribution in [0.3, 0.4) is 0 Å². The summed E-state index contributed by atoms with van der Waals surface area (Å²) < 4.78 is 0.